The third kappa shape index (κ3) is 2.54. The summed E-state index contributed by atoms with van der Waals surface area (Å²) in [5, 5.41) is 8.97. The molecule has 0 bridgehead atoms. The number of fused-ring (bicyclic) bond motifs is 1. The zero-order chi connectivity index (χ0) is 15.0. The van der Waals surface area contributed by atoms with Crippen LogP contribution in [0.5, 0.6) is 0 Å². The number of carbonyl (C=O) groups is 2. The van der Waals surface area contributed by atoms with Crippen LogP contribution < -0.4 is 4.90 Å². The van der Waals surface area contributed by atoms with Gasteiger partial charge in [-0.3, -0.25) is 4.79 Å². The van der Waals surface area contributed by atoms with Gasteiger partial charge < -0.3 is 19.3 Å². The lowest BCUT2D eigenvalue weighted by Gasteiger charge is -2.33. The molecule has 1 aromatic heterocycles. The van der Waals surface area contributed by atoms with Crippen molar-refractivity contribution in [3.8, 4) is 0 Å². The fraction of sp³-hybridized carbons (Fsp3) is 0.357. The zero-order valence-corrected chi connectivity index (χ0v) is 11.6. The SMILES string of the molecule is CC(=O)N1CCN(c2nc3ccc(C(=O)O)cc3o2)CC1. The molecule has 0 unspecified atom stereocenters. The second-order valence-corrected chi connectivity index (χ2v) is 4.98. The number of hydrogen-bond acceptors (Lipinski definition) is 5. The van der Waals surface area contributed by atoms with E-state index in [0.29, 0.717) is 43.3 Å². The van der Waals surface area contributed by atoms with Gasteiger partial charge in [0.05, 0.1) is 5.56 Å². The molecule has 21 heavy (non-hydrogen) atoms. The Hall–Kier alpha value is -2.57. The molecule has 1 amide bonds. The van der Waals surface area contributed by atoms with E-state index >= 15 is 0 Å². The van der Waals surface area contributed by atoms with Crippen molar-refractivity contribution in [2.45, 2.75) is 6.92 Å². The smallest absolute Gasteiger partial charge is 0.335 e. The molecule has 3 rings (SSSR count). The van der Waals surface area contributed by atoms with E-state index in [0.717, 1.165) is 0 Å². The van der Waals surface area contributed by atoms with Crippen LogP contribution in [0.1, 0.15) is 17.3 Å². The van der Waals surface area contributed by atoms with E-state index in [2.05, 4.69) is 4.98 Å². The maximum atomic E-state index is 11.3. The maximum Gasteiger partial charge on any atom is 0.335 e. The van der Waals surface area contributed by atoms with Gasteiger partial charge in [-0.15, -0.1) is 0 Å². The average Bonchev–Trinajstić information content (AvgIpc) is 2.90. The monoisotopic (exact) mass is 289 g/mol. The van der Waals surface area contributed by atoms with E-state index in [4.69, 9.17) is 9.52 Å². The number of carboxylic acid groups (broad SMARTS) is 1. The standard InChI is InChI=1S/C14H15N3O4/c1-9(18)16-4-6-17(7-5-16)14-15-11-3-2-10(13(19)20)8-12(11)21-14/h2-3,8H,4-7H2,1H3,(H,19,20). The van der Waals surface area contributed by atoms with Crippen molar-refractivity contribution in [1.29, 1.82) is 0 Å². The van der Waals surface area contributed by atoms with Crippen LogP contribution in [-0.4, -0.2) is 53.0 Å². The Morgan fingerprint density at radius 3 is 2.57 bits per heavy atom. The number of anilines is 1. The number of aromatic nitrogens is 1. The van der Waals surface area contributed by atoms with Crippen LogP contribution in [0.15, 0.2) is 22.6 Å². The van der Waals surface area contributed by atoms with Crippen LogP contribution in [0.4, 0.5) is 6.01 Å². The zero-order valence-electron chi connectivity index (χ0n) is 11.6. The Morgan fingerprint density at radius 2 is 1.95 bits per heavy atom. The number of amides is 1. The summed E-state index contributed by atoms with van der Waals surface area (Å²) in [4.78, 5) is 30.3. The summed E-state index contributed by atoms with van der Waals surface area (Å²) in [5.41, 5.74) is 1.26. The minimum Gasteiger partial charge on any atom is -0.478 e. The van der Waals surface area contributed by atoms with Gasteiger partial charge in [0.25, 0.3) is 6.01 Å². The van der Waals surface area contributed by atoms with Crippen LogP contribution >= 0.6 is 0 Å². The third-order valence-electron chi connectivity index (χ3n) is 3.62. The van der Waals surface area contributed by atoms with Gasteiger partial charge in [0.2, 0.25) is 5.91 Å². The van der Waals surface area contributed by atoms with Crippen molar-refractivity contribution in [1.82, 2.24) is 9.88 Å². The molecule has 1 aliphatic heterocycles. The Kier molecular flexibility index (Phi) is 3.25. The van der Waals surface area contributed by atoms with Gasteiger partial charge in [-0.2, -0.15) is 4.98 Å². The maximum absolute atomic E-state index is 11.3. The summed E-state index contributed by atoms with van der Waals surface area (Å²) in [6.45, 7) is 4.13. The van der Waals surface area contributed by atoms with Crippen LogP contribution in [0.25, 0.3) is 11.1 Å². The van der Waals surface area contributed by atoms with Gasteiger partial charge in [0, 0.05) is 33.1 Å². The number of benzene rings is 1. The highest BCUT2D eigenvalue weighted by molar-refractivity contribution is 5.92. The minimum atomic E-state index is -0.995. The largest absolute Gasteiger partial charge is 0.478 e. The summed E-state index contributed by atoms with van der Waals surface area (Å²) in [7, 11) is 0. The average molecular weight is 289 g/mol. The summed E-state index contributed by atoms with van der Waals surface area (Å²) < 4.78 is 5.64. The van der Waals surface area contributed by atoms with Gasteiger partial charge in [-0.05, 0) is 18.2 Å². The van der Waals surface area contributed by atoms with Crippen molar-refractivity contribution >= 4 is 29.0 Å². The molecule has 0 aliphatic carbocycles. The number of carboxylic acids is 1. The molecule has 0 radical (unpaired) electrons. The van der Waals surface area contributed by atoms with Crippen molar-refractivity contribution in [3.63, 3.8) is 0 Å². The van der Waals surface area contributed by atoms with Crippen LogP contribution in [-0.2, 0) is 4.79 Å². The van der Waals surface area contributed by atoms with Crippen molar-refractivity contribution in [3.05, 3.63) is 23.8 Å². The highest BCUT2D eigenvalue weighted by Gasteiger charge is 2.22. The number of rotatable bonds is 2. The highest BCUT2D eigenvalue weighted by Crippen LogP contribution is 2.24. The molecule has 1 aromatic carbocycles. The first-order chi connectivity index (χ1) is 10.0. The lowest BCUT2D eigenvalue weighted by molar-refractivity contribution is -0.129. The predicted molar refractivity (Wildman–Crippen MR) is 75.4 cm³/mol. The fourth-order valence-electron chi connectivity index (χ4n) is 2.39. The van der Waals surface area contributed by atoms with Crippen molar-refractivity contribution in [2.24, 2.45) is 0 Å². The lowest BCUT2D eigenvalue weighted by Crippen LogP contribution is -2.48. The highest BCUT2D eigenvalue weighted by atomic mass is 16.4. The fourth-order valence-corrected chi connectivity index (χ4v) is 2.39. The van der Waals surface area contributed by atoms with E-state index < -0.39 is 5.97 Å². The quantitative estimate of drug-likeness (QED) is 0.893. The summed E-state index contributed by atoms with van der Waals surface area (Å²) in [6, 6.07) is 5.08. The number of aromatic carboxylic acids is 1. The summed E-state index contributed by atoms with van der Waals surface area (Å²) >= 11 is 0. The molecule has 110 valence electrons. The predicted octanol–water partition coefficient (Wildman–Crippen LogP) is 1.19. The lowest BCUT2D eigenvalue weighted by atomic mass is 10.2. The van der Waals surface area contributed by atoms with E-state index in [1.807, 2.05) is 4.90 Å². The number of nitrogens with zero attached hydrogens (tertiary/aromatic N) is 3. The Balaban J connectivity index is 1.82. The second kappa shape index (κ2) is 5.08. The molecule has 2 heterocycles. The molecule has 0 spiro atoms. The topological polar surface area (TPSA) is 86.9 Å². The molecular weight excluding hydrogens is 274 g/mol. The van der Waals surface area contributed by atoms with Crippen LogP contribution in [0.2, 0.25) is 0 Å². The summed E-state index contributed by atoms with van der Waals surface area (Å²) in [6.07, 6.45) is 0. The number of oxazole rings is 1. The normalized spacial score (nSPS) is 15.5. The van der Waals surface area contributed by atoms with Crippen molar-refractivity contribution in [2.75, 3.05) is 31.1 Å². The molecule has 2 aromatic rings. The molecule has 0 atom stereocenters. The molecule has 7 nitrogen and oxygen atoms in total. The molecule has 7 heteroatoms. The van der Waals surface area contributed by atoms with Crippen LogP contribution in [0.3, 0.4) is 0 Å². The van der Waals surface area contributed by atoms with Gasteiger partial charge in [0.15, 0.2) is 5.58 Å². The third-order valence-corrected chi connectivity index (χ3v) is 3.62. The van der Waals surface area contributed by atoms with E-state index in [1.165, 1.54) is 12.1 Å². The second-order valence-electron chi connectivity index (χ2n) is 4.98. The van der Waals surface area contributed by atoms with Gasteiger partial charge >= 0.3 is 5.97 Å². The van der Waals surface area contributed by atoms with Gasteiger partial charge in [0.1, 0.15) is 5.52 Å². The van der Waals surface area contributed by atoms with Gasteiger partial charge in [-0.1, -0.05) is 0 Å². The number of hydrogen-bond donors (Lipinski definition) is 1. The number of carbonyl (C=O) groups excluding carboxylic acids is 1. The Morgan fingerprint density at radius 1 is 1.24 bits per heavy atom. The first kappa shape index (κ1) is 13.4. The van der Waals surface area contributed by atoms with E-state index in [-0.39, 0.29) is 11.5 Å². The Bertz CT molecular complexity index is 701. The van der Waals surface area contributed by atoms with Crippen LogP contribution in [0, 0.1) is 0 Å². The minimum absolute atomic E-state index is 0.0679. The van der Waals surface area contributed by atoms with E-state index in [9.17, 15) is 9.59 Å². The van der Waals surface area contributed by atoms with E-state index in [1.54, 1.807) is 17.9 Å². The molecule has 1 N–H and O–H groups in total. The van der Waals surface area contributed by atoms with Gasteiger partial charge in [-0.25, -0.2) is 4.79 Å². The summed E-state index contributed by atoms with van der Waals surface area (Å²) in [5.74, 6) is -0.928. The van der Waals surface area contributed by atoms with Crippen molar-refractivity contribution < 1.29 is 19.1 Å². The molecule has 0 saturated carbocycles. The molecule has 1 fully saturated rings. The number of piperazine rings is 1. The molecular formula is C14H15N3O4. The molecule has 1 aliphatic rings. The first-order valence-electron chi connectivity index (χ1n) is 6.69. The Labute approximate surface area is 120 Å². The first-order valence-corrected chi connectivity index (χ1v) is 6.69. The molecule has 1 saturated heterocycles.